The molecule has 0 unspecified atom stereocenters. The van der Waals surface area contributed by atoms with Gasteiger partial charge in [0, 0.05) is 19.7 Å². The van der Waals surface area contributed by atoms with Crippen LogP contribution in [0.15, 0.2) is 45.8 Å². The quantitative estimate of drug-likeness (QED) is 0.111. The molecule has 2 amide bonds. The Morgan fingerprint density at radius 3 is 2.27 bits per heavy atom. The molecule has 0 aliphatic heterocycles. The minimum atomic E-state index is -4.69. The molecule has 16 nitrogen and oxygen atoms in total. The lowest BCUT2D eigenvalue weighted by Crippen LogP contribution is -2.35. The molecule has 2 aromatic carbocycles. The Morgan fingerprint density at radius 1 is 1.08 bits per heavy atom. The van der Waals surface area contributed by atoms with Gasteiger partial charge < -0.3 is 19.9 Å². The van der Waals surface area contributed by atoms with Crippen LogP contribution >= 0.6 is 27.5 Å². The molecule has 0 fully saturated rings. The number of benzene rings is 2. The number of rotatable bonds is 10. The van der Waals surface area contributed by atoms with Crippen LogP contribution in [0.25, 0.3) is 11.3 Å². The Kier molecular flexibility index (Phi) is 13.5. The second-order valence-corrected chi connectivity index (χ2v) is 13.1. The van der Waals surface area contributed by atoms with E-state index in [-0.39, 0.29) is 46.4 Å². The number of carboxylic acid groups (broad SMARTS) is 1. The van der Waals surface area contributed by atoms with Gasteiger partial charge in [-0.3, -0.25) is 10.00 Å². The number of halogens is 6. The van der Waals surface area contributed by atoms with Crippen LogP contribution in [-0.4, -0.2) is 76.0 Å². The Balaban J connectivity index is 0.000000281. The van der Waals surface area contributed by atoms with E-state index in [0.717, 1.165) is 31.3 Å². The molecule has 0 bridgehead atoms. The molecule has 4 rings (SSSR count). The van der Waals surface area contributed by atoms with Gasteiger partial charge in [-0.2, -0.15) is 33.2 Å². The zero-order valence-electron chi connectivity index (χ0n) is 27.5. The van der Waals surface area contributed by atoms with E-state index in [1.165, 1.54) is 19.2 Å². The number of carboxylic acids is 1. The van der Waals surface area contributed by atoms with Gasteiger partial charge in [-0.1, -0.05) is 23.7 Å². The fourth-order valence-electron chi connectivity index (χ4n) is 4.04. The molecule has 0 saturated heterocycles. The lowest BCUT2D eigenvalue weighted by Gasteiger charge is -2.11. The summed E-state index contributed by atoms with van der Waals surface area (Å²) in [5, 5.41) is 17.4. The van der Waals surface area contributed by atoms with Gasteiger partial charge >= 0.3 is 30.2 Å². The van der Waals surface area contributed by atoms with E-state index >= 15 is 0 Å². The van der Waals surface area contributed by atoms with Crippen molar-refractivity contribution in [1.29, 1.82) is 0 Å². The molecule has 2 aromatic heterocycles. The maximum Gasteiger partial charge on any atom is 0.434 e. The summed E-state index contributed by atoms with van der Waals surface area (Å²) in [5.74, 6) is -3.36. The predicted molar refractivity (Wildman–Crippen MR) is 180 cm³/mol. The number of amides is 2. The van der Waals surface area contributed by atoms with Crippen molar-refractivity contribution in [1.82, 2.24) is 29.5 Å². The number of hydrogen-bond donors (Lipinski definition) is 4. The van der Waals surface area contributed by atoms with Crippen LogP contribution in [-0.2, 0) is 28.0 Å². The largest absolute Gasteiger partial charge is 0.478 e. The number of ether oxygens (including phenoxy) is 2. The van der Waals surface area contributed by atoms with Crippen LogP contribution in [0.2, 0.25) is 5.02 Å². The number of nitrogens with zero attached hydrogens (tertiary/aromatic N) is 5. The monoisotopic (exact) mass is 838 g/mol. The first kappa shape index (κ1) is 41.3. The Morgan fingerprint density at radius 2 is 1.71 bits per heavy atom. The maximum atomic E-state index is 14.3. The van der Waals surface area contributed by atoms with Crippen LogP contribution in [0.5, 0.6) is 6.01 Å². The van der Waals surface area contributed by atoms with Crippen molar-refractivity contribution in [3.8, 4) is 17.3 Å². The lowest BCUT2D eigenvalue weighted by molar-refractivity contribution is -0.144. The summed E-state index contributed by atoms with van der Waals surface area (Å²) in [5.41, 5.74) is -2.34. The number of anilines is 2. The summed E-state index contributed by atoms with van der Waals surface area (Å²) in [7, 11) is -1.84. The van der Waals surface area contributed by atoms with E-state index in [9.17, 15) is 40.4 Å². The number of carbonyl (C=O) groups is 3. The van der Waals surface area contributed by atoms with E-state index in [1.807, 2.05) is 0 Å². The molecule has 0 aliphatic rings. The number of sulfonamides is 1. The van der Waals surface area contributed by atoms with Crippen molar-refractivity contribution in [3.63, 3.8) is 0 Å². The van der Waals surface area contributed by atoms with Crippen molar-refractivity contribution in [2.75, 3.05) is 24.3 Å². The van der Waals surface area contributed by atoms with E-state index in [1.54, 1.807) is 25.5 Å². The van der Waals surface area contributed by atoms with Crippen molar-refractivity contribution in [3.05, 3.63) is 68.5 Å². The number of nitrogens with one attached hydrogen (secondary N) is 3. The predicted octanol–water partition coefficient (Wildman–Crippen LogP) is 5.75. The highest BCUT2D eigenvalue weighted by Gasteiger charge is 2.39. The molecule has 0 saturated carbocycles. The molecule has 0 atom stereocenters. The third-order valence-corrected chi connectivity index (χ3v) is 8.56. The molecule has 52 heavy (non-hydrogen) atoms. The fourth-order valence-corrected chi connectivity index (χ4v) is 6.15. The normalized spacial score (nSPS) is 11.3. The van der Waals surface area contributed by atoms with Gasteiger partial charge in [-0.05, 0) is 61.0 Å². The summed E-state index contributed by atoms with van der Waals surface area (Å²) in [6.45, 7) is 5.19. The Labute approximate surface area is 306 Å². The number of aromatic carboxylic acids is 1. The second-order valence-electron chi connectivity index (χ2n) is 10.2. The topological polar surface area (TPSA) is 217 Å². The van der Waals surface area contributed by atoms with E-state index < -0.39 is 66.7 Å². The molecule has 2 heterocycles. The SMILES string of the molecule is CC(C)OC(=O)c1cc(-c2nn(C)c(C(F)(F)F)c2Br)c(F)cc1Cl.CCOc1nc(NC)nc(NC(=O)NS(=O)(=O)c2ccccc2C(=O)O)n1. The number of urea groups is 1. The molecule has 0 spiro atoms. The number of carbonyl (C=O) groups excluding carboxylic acids is 2. The first-order chi connectivity index (χ1) is 24.2. The summed E-state index contributed by atoms with van der Waals surface area (Å²) in [6.07, 6.45) is -5.14. The van der Waals surface area contributed by atoms with Gasteiger partial charge in [0.2, 0.25) is 11.9 Å². The second kappa shape index (κ2) is 17.0. The molecule has 280 valence electrons. The van der Waals surface area contributed by atoms with Gasteiger partial charge in [-0.25, -0.2) is 31.9 Å². The summed E-state index contributed by atoms with van der Waals surface area (Å²) in [6, 6.07) is 5.46. The van der Waals surface area contributed by atoms with Crippen LogP contribution in [0.3, 0.4) is 0 Å². The third kappa shape index (κ3) is 10.3. The number of hydrogen-bond acceptors (Lipinski definition) is 12. The molecule has 0 aliphatic carbocycles. The number of aryl methyl sites for hydroxylation is 1. The number of esters is 1. The highest BCUT2D eigenvalue weighted by molar-refractivity contribution is 9.10. The zero-order chi connectivity index (χ0) is 39.1. The molecule has 4 N–H and O–H groups in total. The van der Waals surface area contributed by atoms with E-state index in [2.05, 4.69) is 46.6 Å². The standard InChI is InChI=1S/C15H12BrClF4N2O2.C14H16N6O6S/c1-6(2)25-14(24)7-4-8(10(18)5-9(7)17)12-11(16)13(15(19,20)21)23(3)22-12;1-3-26-14-18-11(15-2)16-12(19-14)17-13(23)20-27(24,25)9-7-5-4-6-8(9)10(21)22/h4-6H,1-3H3;4-7H,3H2,1-2H3,(H,21,22)(H3,15,16,17,18,19,20,23). The van der Waals surface area contributed by atoms with Gasteiger partial charge in [-0.15, -0.1) is 0 Å². The Hall–Kier alpha value is -5.09. The smallest absolute Gasteiger partial charge is 0.434 e. The summed E-state index contributed by atoms with van der Waals surface area (Å²) < 4.78 is 90.1. The third-order valence-electron chi connectivity index (χ3n) is 6.10. The van der Waals surface area contributed by atoms with Crippen LogP contribution in [0.4, 0.5) is 34.3 Å². The summed E-state index contributed by atoms with van der Waals surface area (Å²) >= 11 is 8.67. The lowest BCUT2D eigenvalue weighted by atomic mass is 10.1. The molecular formula is C29H28BrClF4N8O8S. The van der Waals surface area contributed by atoms with Crippen molar-refractivity contribution >= 4 is 67.4 Å². The fraction of sp³-hybridized carbons (Fsp3) is 0.276. The number of alkyl halides is 3. The first-order valence-electron chi connectivity index (χ1n) is 14.4. The van der Waals surface area contributed by atoms with Gasteiger partial charge in [0.1, 0.15) is 16.4 Å². The molecule has 0 radical (unpaired) electrons. The van der Waals surface area contributed by atoms with E-state index in [0.29, 0.717) is 4.68 Å². The van der Waals surface area contributed by atoms with Gasteiger partial charge in [0.25, 0.3) is 10.0 Å². The Bertz CT molecular complexity index is 2100. The maximum absolute atomic E-state index is 14.3. The summed E-state index contributed by atoms with van der Waals surface area (Å²) in [4.78, 5) is 46.2. The van der Waals surface area contributed by atoms with Crippen molar-refractivity contribution < 1.29 is 54.9 Å². The van der Waals surface area contributed by atoms with Gasteiger partial charge in [0.15, 0.2) is 5.69 Å². The number of aromatic nitrogens is 5. The molecule has 4 aromatic rings. The highest BCUT2D eigenvalue weighted by Crippen LogP contribution is 2.41. The van der Waals surface area contributed by atoms with E-state index in [4.69, 9.17) is 26.2 Å². The van der Waals surface area contributed by atoms with Crippen LogP contribution in [0, 0.1) is 5.82 Å². The molecular weight excluding hydrogens is 812 g/mol. The van der Waals surface area contributed by atoms with Crippen molar-refractivity contribution in [2.24, 2.45) is 7.05 Å². The minimum Gasteiger partial charge on any atom is -0.478 e. The van der Waals surface area contributed by atoms with Gasteiger partial charge in [0.05, 0.1) is 33.3 Å². The average molecular weight is 840 g/mol. The average Bonchev–Trinajstić information content (AvgIpc) is 3.34. The van der Waals surface area contributed by atoms with Crippen molar-refractivity contribution in [2.45, 2.75) is 37.9 Å². The first-order valence-corrected chi connectivity index (χ1v) is 17.1. The molecule has 23 heteroatoms. The van der Waals surface area contributed by atoms with Crippen LogP contribution < -0.4 is 20.1 Å². The highest BCUT2D eigenvalue weighted by atomic mass is 79.9. The van der Waals surface area contributed by atoms with Crippen LogP contribution in [0.1, 0.15) is 47.2 Å². The minimum absolute atomic E-state index is 0.0776. The zero-order valence-corrected chi connectivity index (χ0v) is 30.6.